The van der Waals surface area contributed by atoms with Crippen molar-refractivity contribution < 1.29 is 9.59 Å². The zero-order valence-corrected chi connectivity index (χ0v) is 16.7. The fourth-order valence-electron chi connectivity index (χ4n) is 3.61. The molecule has 0 spiro atoms. The third kappa shape index (κ3) is 4.51. The predicted octanol–water partition coefficient (Wildman–Crippen LogP) is 5.04. The number of carbonyl (C=O) groups excluding carboxylic acids is 2. The maximum atomic E-state index is 13.5. The second kappa shape index (κ2) is 8.97. The number of hydrogen-bond acceptors (Lipinski definition) is 4. The van der Waals surface area contributed by atoms with Crippen LogP contribution in [-0.2, 0) is 11.2 Å². The Morgan fingerprint density at radius 2 is 1.86 bits per heavy atom. The van der Waals surface area contributed by atoms with Gasteiger partial charge in [-0.15, -0.1) is 0 Å². The van der Waals surface area contributed by atoms with Crippen molar-refractivity contribution in [3.8, 4) is 0 Å². The monoisotopic (exact) mass is 402 g/mol. The van der Waals surface area contributed by atoms with E-state index in [4.69, 9.17) is 0 Å². The summed E-state index contributed by atoms with van der Waals surface area (Å²) in [6.45, 7) is 0. The van der Waals surface area contributed by atoms with E-state index >= 15 is 0 Å². The molecule has 1 amide bonds. The highest BCUT2D eigenvalue weighted by Gasteiger charge is 2.28. The van der Waals surface area contributed by atoms with Crippen molar-refractivity contribution in [3.05, 3.63) is 101 Å². The molecular weight excluding hydrogens is 380 g/mol. The minimum absolute atomic E-state index is 0.00367. The number of ketones is 1. The fourth-order valence-corrected chi connectivity index (χ4v) is 4.41. The van der Waals surface area contributed by atoms with Gasteiger partial charge in [0.25, 0.3) is 0 Å². The van der Waals surface area contributed by atoms with Crippen LogP contribution in [0.25, 0.3) is 0 Å². The highest BCUT2D eigenvalue weighted by atomic mass is 32.2. The molecule has 146 valence electrons. The number of para-hydroxylation sites is 1. The number of carbonyl (C=O) groups is 2. The maximum Gasteiger partial charge on any atom is 0.228 e. The summed E-state index contributed by atoms with van der Waals surface area (Å²) >= 11 is 1.53. The van der Waals surface area contributed by atoms with Gasteiger partial charge in [-0.2, -0.15) is 0 Å². The van der Waals surface area contributed by atoms with Crippen LogP contribution in [0.5, 0.6) is 0 Å². The van der Waals surface area contributed by atoms with Crippen molar-refractivity contribution in [2.45, 2.75) is 19.3 Å². The van der Waals surface area contributed by atoms with E-state index in [9.17, 15) is 9.59 Å². The highest BCUT2D eigenvalue weighted by Crippen LogP contribution is 2.36. The van der Waals surface area contributed by atoms with Crippen molar-refractivity contribution in [1.82, 2.24) is 4.72 Å². The second-order valence-electron chi connectivity index (χ2n) is 7.01. The number of amides is 1. The van der Waals surface area contributed by atoms with Gasteiger partial charge in [0.15, 0.2) is 5.78 Å². The summed E-state index contributed by atoms with van der Waals surface area (Å²) in [5.41, 5.74) is 3.17. The summed E-state index contributed by atoms with van der Waals surface area (Å²) in [5.74, 6) is -0.459. The lowest BCUT2D eigenvalue weighted by atomic mass is 9.85. The van der Waals surface area contributed by atoms with Crippen molar-refractivity contribution in [2.24, 2.45) is 5.92 Å². The molecule has 1 heterocycles. The second-order valence-corrected chi connectivity index (χ2v) is 7.89. The summed E-state index contributed by atoms with van der Waals surface area (Å²) in [5, 5.41) is 2.93. The molecule has 2 N–H and O–H groups in total. The number of Topliss-reactive ketones (excluding diaryl/α,β-unsaturated/α-hetero) is 1. The molecule has 1 aliphatic carbocycles. The first kappa shape index (κ1) is 19.3. The van der Waals surface area contributed by atoms with Gasteiger partial charge in [-0.25, -0.2) is 0 Å². The van der Waals surface area contributed by atoms with Crippen molar-refractivity contribution >= 4 is 29.3 Å². The molecule has 0 saturated carbocycles. The van der Waals surface area contributed by atoms with Crippen LogP contribution >= 0.6 is 11.9 Å². The van der Waals surface area contributed by atoms with E-state index in [1.165, 1.54) is 11.9 Å². The van der Waals surface area contributed by atoms with E-state index < -0.39 is 0 Å². The Labute approximate surface area is 174 Å². The Balaban J connectivity index is 1.58. The fraction of sp³-hybridized carbons (Fsp3) is 0.167. The number of nitrogens with one attached hydrogen (secondary N) is 2. The largest absolute Gasteiger partial charge is 0.333 e. The Hall–Kier alpha value is -3.05. The van der Waals surface area contributed by atoms with Crippen LogP contribution < -0.4 is 10.0 Å². The lowest BCUT2D eigenvalue weighted by Crippen LogP contribution is -2.21. The predicted molar refractivity (Wildman–Crippen MR) is 118 cm³/mol. The lowest BCUT2D eigenvalue weighted by Gasteiger charge is -2.20. The minimum Gasteiger partial charge on any atom is -0.333 e. The Morgan fingerprint density at radius 1 is 1.07 bits per heavy atom. The number of benzene rings is 2. The summed E-state index contributed by atoms with van der Waals surface area (Å²) in [6.07, 6.45) is 10.0. The van der Waals surface area contributed by atoms with Gasteiger partial charge in [0.2, 0.25) is 5.91 Å². The first-order valence-electron chi connectivity index (χ1n) is 9.68. The zero-order chi connectivity index (χ0) is 20.1. The van der Waals surface area contributed by atoms with E-state index in [1.54, 1.807) is 12.1 Å². The third-order valence-electron chi connectivity index (χ3n) is 5.02. The van der Waals surface area contributed by atoms with Gasteiger partial charge in [-0.05, 0) is 48.1 Å². The van der Waals surface area contributed by atoms with Gasteiger partial charge in [0.05, 0.1) is 18.0 Å². The van der Waals surface area contributed by atoms with Crippen molar-refractivity contribution in [2.75, 3.05) is 5.32 Å². The van der Waals surface area contributed by atoms with Crippen LogP contribution in [0.15, 0.2) is 89.5 Å². The first-order chi connectivity index (χ1) is 14.2. The van der Waals surface area contributed by atoms with Crippen LogP contribution in [0, 0.1) is 5.92 Å². The van der Waals surface area contributed by atoms with Crippen LogP contribution in [0.2, 0.25) is 0 Å². The summed E-state index contributed by atoms with van der Waals surface area (Å²) in [6, 6.07) is 16.8. The van der Waals surface area contributed by atoms with Crippen molar-refractivity contribution in [3.63, 3.8) is 0 Å². The summed E-state index contributed by atoms with van der Waals surface area (Å²) < 4.78 is 3.16. The molecule has 4 nitrogen and oxygen atoms in total. The van der Waals surface area contributed by atoms with Crippen LogP contribution in [0.1, 0.15) is 28.8 Å². The molecule has 0 bridgehead atoms. The molecule has 1 aliphatic heterocycles. The number of hydrogen-bond donors (Lipinski definition) is 2. The quantitative estimate of drug-likeness (QED) is 0.544. The zero-order valence-electron chi connectivity index (χ0n) is 15.9. The molecule has 4 rings (SSSR count). The Bertz CT molecular complexity index is 1010. The van der Waals surface area contributed by atoms with E-state index in [2.05, 4.69) is 22.2 Å². The Morgan fingerprint density at radius 3 is 2.72 bits per heavy atom. The van der Waals surface area contributed by atoms with Crippen molar-refractivity contribution in [1.29, 1.82) is 0 Å². The van der Waals surface area contributed by atoms with Gasteiger partial charge < -0.3 is 10.0 Å². The molecular formula is C24H22N2O2S. The number of allylic oxidation sites excluding steroid dienone is 4. The molecule has 5 heteroatoms. The standard InChI is InChI=1S/C24H22N2O2S/c27-23(16-17-8-2-1-3-9-17)26-21-12-6-4-11-20(21)24(28)19-14-15-25-29-22-13-7-5-10-18(19)22/h1-4,6-9,11-15,19,25H,5,10,16H2,(H,26,27). The molecule has 1 unspecified atom stereocenters. The summed E-state index contributed by atoms with van der Waals surface area (Å²) in [7, 11) is 0. The topological polar surface area (TPSA) is 58.2 Å². The van der Waals surface area contributed by atoms with Crippen LogP contribution in [-0.4, -0.2) is 11.7 Å². The van der Waals surface area contributed by atoms with Gasteiger partial charge in [-0.1, -0.05) is 60.7 Å². The molecule has 2 aliphatic rings. The summed E-state index contributed by atoms with van der Waals surface area (Å²) in [4.78, 5) is 27.1. The SMILES string of the molecule is O=C(Cc1ccccc1)Nc1ccccc1C(=O)C1C=CNSC2=C1CCC=C2. The molecule has 0 saturated heterocycles. The molecule has 1 atom stereocenters. The normalized spacial score (nSPS) is 17.9. The van der Waals surface area contributed by atoms with Gasteiger partial charge in [0, 0.05) is 16.7 Å². The molecule has 0 radical (unpaired) electrons. The smallest absolute Gasteiger partial charge is 0.228 e. The van der Waals surface area contributed by atoms with Gasteiger partial charge in [-0.3, -0.25) is 9.59 Å². The minimum atomic E-state index is -0.329. The van der Waals surface area contributed by atoms with Crippen LogP contribution in [0.4, 0.5) is 5.69 Å². The molecule has 2 aromatic carbocycles. The molecule has 0 aromatic heterocycles. The molecule has 0 fully saturated rings. The maximum absolute atomic E-state index is 13.5. The lowest BCUT2D eigenvalue weighted by molar-refractivity contribution is -0.115. The first-order valence-corrected chi connectivity index (χ1v) is 10.5. The van der Waals surface area contributed by atoms with E-state index in [-0.39, 0.29) is 24.0 Å². The van der Waals surface area contributed by atoms with Gasteiger partial charge in [0.1, 0.15) is 0 Å². The Kier molecular flexibility index (Phi) is 5.96. The number of anilines is 1. The highest BCUT2D eigenvalue weighted by molar-refractivity contribution is 8.01. The van der Waals surface area contributed by atoms with E-state index in [0.29, 0.717) is 11.3 Å². The third-order valence-corrected chi connectivity index (χ3v) is 5.90. The van der Waals surface area contributed by atoms with Crippen LogP contribution in [0.3, 0.4) is 0 Å². The van der Waals surface area contributed by atoms with Gasteiger partial charge >= 0.3 is 0 Å². The number of rotatable bonds is 5. The average Bonchev–Trinajstić information content (AvgIpc) is 2.97. The molecule has 29 heavy (non-hydrogen) atoms. The molecule has 2 aromatic rings. The van der Waals surface area contributed by atoms with E-state index in [0.717, 1.165) is 28.9 Å². The average molecular weight is 403 g/mol. The van der Waals surface area contributed by atoms with E-state index in [1.807, 2.05) is 54.7 Å².